The maximum absolute atomic E-state index is 9.51. The number of para-hydroxylation sites is 2. The molecule has 0 aromatic heterocycles. The van der Waals surface area contributed by atoms with Gasteiger partial charge in [0, 0.05) is 5.69 Å². The molecule has 1 atom stereocenters. The Hall–Kier alpha value is -9.23. The molecule has 0 saturated carbocycles. The van der Waals surface area contributed by atoms with E-state index in [4.69, 9.17) is 0 Å². The molecule has 2 aliphatic rings. The zero-order valence-corrected chi connectivity index (χ0v) is 37.5. The van der Waals surface area contributed by atoms with E-state index in [-0.39, 0.29) is 6.17 Å². The van der Waals surface area contributed by atoms with E-state index < -0.39 is 0 Å². The van der Waals surface area contributed by atoms with Gasteiger partial charge in [-0.2, -0.15) is 5.26 Å². The first-order valence-corrected chi connectivity index (χ1v) is 23.7. The molecule has 1 aliphatic carbocycles. The van der Waals surface area contributed by atoms with Crippen molar-refractivity contribution >= 4 is 60.2 Å². The molecule has 0 radical (unpaired) electrons. The molecule has 1 heterocycles. The van der Waals surface area contributed by atoms with Crippen LogP contribution < -0.4 is 10.2 Å². The molecule has 0 fully saturated rings. The summed E-state index contributed by atoms with van der Waals surface area (Å²) < 4.78 is 0. The van der Waals surface area contributed by atoms with Gasteiger partial charge in [0.05, 0.1) is 23.0 Å². The molecule has 320 valence electrons. The number of benzene rings is 12. The molecule has 14 rings (SSSR count). The van der Waals surface area contributed by atoms with E-state index in [0.29, 0.717) is 5.56 Å². The van der Waals surface area contributed by atoms with Crippen molar-refractivity contribution in [3.05, 3.63) is 248 Å². The fourth-order valence-corrected chi connectivity index (χ4v) is 11.4. The first-order valence-electron chi connectivity index (χ1n) is 23.7. The number of rotatable bonds is 6. The summed E-state index contributed by atoms with van der Waals surface area (Å²) in [5, 5.41) is 23.2. The van der Waals surface area contributed by atoms with Crippen LogP contribution in [-0.2, 0) is 0 Å². The van der Waals surface area contributed by atoms with Crippen LogP contribution in [0.2, 0.25) is 0 Å². The van der Waals surface area contributed by atoms with Crippen molar-refractivity contribution in [1.29, 1.82) is 5.26 Å². The van der Waals surface area contributed by atoms with Crippen molar-refractivity contribution in [1.82, 2.24) is 0 Å². The Balaban J connectivity index is 0.945. The van der Waals surface area contributed by atoms with E-state index in [1.807, 2.05) is 12.1 Å². The van der Waals surface area contributed by atoms with Crippen LogP contribution in [0.3, 0.4) is 0 Å². The Morgan fingerprint density at radius 1 is 0.348 bits per heavy atom. The van der Waals surface area contributed by atoms with Crippen LogP contribution in [0.1, 0.15) is 17.3 Å². The standard InChI is InChI=1S/C66H41N3/c67-40-41-23-25-42(26-24-41)47-29-32-50-56(35-47)54(43-13-4-1-5-14-43)37-61-57(50)36-55(44-15-6-2-7-16-44)60-38-58-52-20-12-19-51-49(33-34-53(65(51)52)59(58)39-62(60)61)45-27-30-48(31-28-45)69-64-22-11-10-21-63(64)68-66(69)46-17-8-3-9-18-46/h1-39,66,68H. The SMILES string of the molecule is N#Cc1ccc(-c2ccc3c(c2)c(-c2ccccc2)cc2c4cc5c(cc4c(-c4ccccc4)cc32)-c2cccc3c(-c4ccc(N6c7ccccc7NC6c6ccccc6)cc4)ccc-5c23)cc1. The van der Waals surface area contributed by atoms with E-state index >= 15 is 0 Å². The van der Waals surface area contributed by atoms with E-state index in [2.05, 4.69) is 241 Å². The number of hydrogen-bond donors (Lipinski definition) is 1. The molecule has 1 unspecified atom stereocenters. The van der Waals surface area contributed by atoms with Gasteiger partial charge in [-0.15, -0.1) is 0 Å². The van der Waals surface area contributed by atoms with Gasteiger partial charge in [-0.25, -0.2) is 0 Å². The summed E-state index contributed by atoms with van der Waals surface area (Å²) in [7, 11) is 0. The second-order valence-electron chi connectivity index (χ2n) is 18.3. The Labute approximate surface area is 400 Å². The third-order valence-electron chi connectivity index (χ3n) is 14.6. The van der Waals surface area contributed by atoms with Gasteiger partial charge >= 0.3 is 0 Å². The van der Waals surface area contributed by atoms with Gasteiger partial charge in [-0.05, 0) is 182 Å². The predicted molar refractivity (Wildman–Crippen MR) is 289 cm³/mol. The third kappa shape index (κ3) is 6.13. The Morgan fingerprint density at radius 2 is 0.884 bits per heavy atom. The normalized spacial score (nSPS) is 13.4. The fourth-order valence-electron chi connectivity index (χ4n) is 11.4. The van der Waals surface area contributed by atoms with E-state index in [0.717, 1.165) is 22.5 Å². The largest absolute Gasteiger partial charge is 0.359 e. The summed E-state index contributed by atoms with van der Waals surface area (Å²) in [6.45, 7) is 0. The van der Waals surface area contributed by atoms with Gasteiger partial charge in [0.2, 0.25) is 0 Å². The fraction of sp³-hybridized carbons (Fsp3) is 0.0152. The van der Waals surface area contributed by atoms with Crippen LogP contribution in [0, 0.1) is 11.3 Å². The highest BCUT2D eigenvalue weighted by Crippen LogP contribution is 2.53. The maximum atomic E-state index is 9.51. The summed E-state index contributed by atoms with van der Waals surface area (Å²) >= 11 is 0. The van der Waals surface area contributed by atoms with E-state index in [1.165, 1.54) is 110 Å². The summed E-state index contributed by atoms with van der Waals surface area (Å²) in [6, 6.07) is 88.5. The zero-order chi connectivity index (χ0) is 45.6. The Bertz CT molecular complexity index is 4080. The smallest absolute Gasteiger partial charge is 0.130 e. The lowest BCUT2D eigenvalue weighted by molar-refractivity contribution is 0.828. The van der Waals surface area contributed by atoms with Gasteiger partial charge in [-0.1, -0.05) is 170 Å². The lowest BCUT2D eigenvalue weighted by Gasteiger charge is -2.27. The molecular weight excluding hydrogens is 835 g/mol. The molecule has 0 bridgehead atoms. The van der Waals surface area contributed by atoms with Crippen LogP contribution in [-0.4, -0.2) is 0 Å². The maximum Gasteiger partial charge on any atom is 0.130 e. The van der Waals surface area contributed by atoms with Crippen molar-refractivity contribution in [2.75, 3.05) is 10.2 Å². The molecule has 12 aromatic carbocycles. The monoisotopic (exact) mass is 875 g/mol. The second kappa shape index (κ2) is 15.4. The van der Waals surface area contributed by atoms with Crippen molar-refractivity contribution in [3.8, 4) is 72.8 Å². The van der Waals surface area contributed by atoms with E-state index in [9.17, 15) is 5.26 Å². The summed E-state index contributed by atoms with van der Waals surface area (Å²) in [5.74, 6) is 0. The summed E-state index contributed by atoms with van der Waals surface area (Å²) in [6.07, 6.45) is -0.00338. The van der Waals surface area contributed by atoms with Crippen molar-refractivity contribution < 1.29 is 0 Å². The van der Waals surface area contributed by atoms with Crippen LogP contribution in [0.15, 0.2) is 237 Å². The van der Waals surface area contributed by atoms with Gasteiger partial charge in [0.15, 0.2) is 0 Å². The minimum atomic E-state index is -0.00338. The highest BCUT2D eigenvalue weighted by atomic mass is 15.3. The molecule has 3 nitrogen and oxygen atoms in total. The highest BCUT2D eigenvalue weighted by Gasteiger charge is 2.31. The van der Waals surface area contributed by atoms with Crippen molar-refractivity contribution in [3.63, 3.8) is 0 Å². The van der Waals surface area contributed by atoms with Crippen LogP contribution in [0.4, 0.5) is 17.1 Å². The molecule has 0 spiro atoms. The molecule has 1 N–H and O–H groups in total. The lowest BCUT2D eigenvalue weighted by atomic mass is 9.85. The summed E-state index contributed by atoms with van der Waals surface area (Å²) in [5.41, 5.74) is 19.9. The number of nitrogens with one attached hydrogen (secondary N) is 1. The van der Waals surface area contributed by atoms with Gasteiger partial charge < -0.3 is 10.2 Å². The predicted octanol–water partition coefficient (Wildman–Crippen LogP) is 17.7. The average Bonchev–Trinajstić information content (AvgIpc) is 3.97. The lowest BCUT2D eigenvalue weighted by Crippen LogP contribution is -2.23. The third-order valence-corrected chi connectivity index (χ3v) is 14.6. The first kappa shape index (κ1) is 39.0. The molecule has 3 heteroatoms. The average molecular weight is 876 g/mol. The molecule has 0 amide bonds. The van der Waals surface area contributed by atoms with Crippen LogP contribution in [0.5, 0.6) is 0 Å². The highest BCUT2D eigenvalue weighted by molar-refractivity contribution is 6.27. The summed E-state index contributed by atoms with van der Waals surface area (Å²) in [4.78, 5) is 2.41. The van der Waals surface area contributed by atoms with E-state index in [1.54, 1.807) is 0 Å². The Morgan fingerprint density at radius 3 is 1.59 bits per heavy atom. The molecular formula is C66H41N3. The van der Waals surface area contributed by atoms with Crippen LogP contribution in [0.25, 0.3) is 110 Å². The van der Waals surface area contributed by atoms with Crippen molar-refractivity contribution in [2.24, 2.45) is 0 Å². The molecule has 12 aromatic rings. The molecule has 0 saturated heterocycles. The van der Waals surface area contributed by atoms with Gasteiger partial charge in [-0.3, -0.25) is 0 Å². The zero-order valence-electron chi connectivity index (χ0n) is 37.5. The first-order chi connectivity index (χ1) is 34.2. The second-order valence-corrected chi connectivity index (χ2v) is 18.3. The molecule has 69 heavy (non-hydrogen) atoms. The molecule has 1 aliphatic heterocycles. The van der Waals surface area contributed by atoms with Crippen LogP contribution >= 0.6 is 0 Å². The minimum absolute atomic E-state index is 0.00338. The Kier molecular flexibility index (Phi) is 8.71. The van der Waals surface area contributed by atoms with Crippen molar-refractivity contribution in [2.45, 2.75) is 6.17 Å². The number of nitriles is 1. The van der Waals surface area contributed by atoms with Gasteiger partial charge in [0.25, 0.3) is 0 Å². The topological polar surface area (TPSA) is 39.1 Å². The quantitative estimate of drug-likeness (QED) is 0.169. The van der Waals surface area contributed by atoms with Gasteiger partial charge in [0.1, 0.15) is 6.17 Å². The number of nitrogens with zero attached hydrogens (tertiary/aromatic N) is 2. The minimum Gasteiger partial charge on any atom is -0.359 e. The number of fused-ring (bicyclic) bond motifs is 9. The number of anilines is 3. The number of hydrogen-bond acceptors (Lipinski definition) is 3.